The van der Waals surface area contributed by atoms with E-state index in [-0.39, 0.29) is 5.82 Å². The molecular weight excluding hydrogens is 460 g/mol. The van der Waals surface area contributed by atoms with Crippen molar-refractivity contribution in [2.75, 3.05) is 44.2 Å². The lowest BCUT2D eigenvalue weighted by atomic mass is 9.78. The molecular formula is C22H22Cl2FN3O2S. The summed E-state index contributed by atoms with van der Waals surface area (Å²) in [5, 5.41) is 1.86. The maximum absolute atomic E-state index is 14.6. The van der Waals surface area contributed by atoms with Crippen molar-refractivity contribution in [2.24, 2.45) is 5.41 Å². The van der Waals surface area contributed by atoms with Gasteiger partial charge in [0.15, 0.2) is 0 Å². The molecule has 0 unspecified atom stereocenters. The molecule has 1 aromatic heterocycles. The third-order valence-corrected chi connectivity index (χ3v) is 7.22. The number of anilines is 1. The van der Waals surface area contributed by atoms with Crippen LogP contribution >= 0.6 is 35.1 Å². The number of likely N-dealkylation sites (tertiary alicyclic amines) is 1. The lowest BCUT2D eigenvalue weighted by Crippen LogP contribution is -2.65. The van der Waals surface area contributed by atoms with E-state index in [9.17, 15) is 4.39 Å². The minimum atomic E-state index is -0.334. The Balaban J connectivity index is 1.12. The van der Waals surface area contributed by atoms with Crippen molar-refractivity contribution in [3.8, 4) is 5.75 Å². The van der Waals surface area contributed by atoms with Gasteiger partial charge in [0.25, 0.3) is 0 Å². The molecule has 3 heterocycles. The number of aromatic amines is 1. The number of nitrogens with one attached hydrogen (secondary N) is 2. The summed E-state index contributed by atoms with van der Waals surface area (Å²) < 4.78 is 28.8. The maximum atomic E-state index is 14.6. The molecule has 2 saturated heterocycles. The average Bonchev–Trinajstić information content (AvgIpc) is 3.08. The van der Waals surface area contributed by atoms with Crippen LogP contribution in [0, 0.1) is 11.2 Å². The topological polar surface area (TPSA) is 49.5 Å². The van der Waals surface area contributed by atoms with E-state index in [4.69, 9.17) is 32.7 Å². The standard InChI is InChI=1S/C22H22Cl2FN3O2S/c23-15-3-4-18(21-20(15)16(24)9-26-21)27-31-19-5-2-14(8-17(19)25)30-7-1-6-28-10-22(11-28)12-29-13-22/h2-5,8-9,26-27H,1,6-7,10-13H2. The molecule has 2 aliphatic rings. The first-order chi connectivity index (χ1) is 15.0. The highest BCUT2D eigenvalue weighted by atomic mass is 35.5. The maximum Gasteiger partial charge on any atom is 0.142 e. The molecule has 9 heteroatoms. The molecule has 0 atom stereocenters. The van der Waals surface area contributed by atoms with E-state index in [0.29, 0.717) is 32.7 Å². The second-order valence-corrected chi connectivity index (χ2v) is 9.85. The molecule has 2 aliphatic heterocycles. The van der Waals surface area contributed by atoms with E-state index < -0.39 is 0 Å². The van der Waals surface area contributed by atoms with Crippen molar-refractivity contribution in [1.82, 2.24) is 9.88 Å². The molecule has 5 rings (SSSR count). The predicted molar refractivity (Wildman–Crippen MR) is 124 cm³/mol. The molecule has 0 amide bonds. The highest BCUT2D eigenvalue weighted by molar-refractivity contribution is 8.00. The lowest BCUT2D eigenvalue weighted by Gasteiger charge is -2.55. The number of halogens is 3. The molecule has 0 saturated carbocycles. The fraction of sp³-hybridized carbons (Fsp3) is 0.364. The van der Waals surface area contributed by atoms with E-state index >= 15 is 0 Å². The number of aromatic nitrogens is 1. The molecule has 164 valence electrons. The monoisotopic (exact) mass is 481 g/mol. The molecule has 2 fully saturated rings. The summed E-state index contributed by atoms with van der Waals surface area (Å²) in [7, 11) is 0. The zero-order chi connectivity index (χ0) is 21.4. The summed E-state index contributed by atoms with van der Waals surface area (Å²) in [5.74, 6) is 0.207. The number of ether oxygens (including phenoxy) is 2. The van der Waals surface area contributed by atoms with Crippen LogP contribution in [-0.4, -0.2) is 49.3 Å². The average molecular weight is 482 g/mol. The van der Waals surface area contributed by atoms with Gasteiger partial charge in [-0.05, 0) is 42.6 Å². The van der Waals surface area contributed by atoms with Crippen molar-refractivity contribution in [1.29, 1.82) is 0 Å². The molecule has 5 nitrogen and oxygen atoms in total. The second kappa shape index (κ2) is 8.71. The van der Waals surface area contributed by atoms with Gasteiger partial charge in [-0.1, -0.05) is 23.2 Å². The van der Waals surface area contributed by atoms with Gasteiger partial charge in [0.2, 0.25) is 0 Å². The number of hydrogen-bond donors (Lipinski definition) is 2. The Morgan fingerprint density at radius 3 is 2.77 bits per heavy atom. The van der Waals surface area contributed by atoms with Crippen molar-refractivity contribution in [3.05, 3.63) is 52.4 Å². The van der Waals surface area contributed by atoms with E-state index in [0.717, 1.165) is 55.9 Å². The first kappa shape index (κ1) is 21.2. The molecule has 3 aromatic rings. The third kappa shape index (κ3) is 4.34. The third-order valence-electron chi connectivity index (χ3n) is 5.73. The van der Waals surface area contributed by atoms with Gasteiger partial charge in [-0.3, -0.25) is 0 Å². The van der Waals surface area contributed by atoms with Crippen molar-refractivity contribution in [3.63, 3.8) is 0 Å². The summed E-state index contributed by atoms with van der Waals surface area (Å²) >= 11 is 13.6. The molecule has 0 aliphatic carbocycles. The van der Waals surface area contributed by atoms with Crippen molar-refractivity contribution in [2.45, 2.75) is 11.3 Å². The van der Waals surface area contributed by atoms with Gasteiger partial charge < -0.3 is 24.1 Å². The van der Waals surface area contributed by atoms with Crippen LogP contribution in [0.25, 0.3) is 10.9 Å². The second-order valence-electron chi connectivity index (χ2n) is 8.18. The minimum Gasteiger partial charge on any atom is -0.493 e. The van der Waals surface area contributed by atoms with Gasteiger partial charge in [-0.15, -0.1) is 0 Å². The van der Waals surface area contributed by atoms with Gasteiger partial charge in [-0.25, -0.2) is 4.39 Å². The Labute approximate surface area is 194 Å². The number of benzene rings is 2. The van der Waals surface area contributed by atoms with Gasteiger partial charge in [-0.2, -0.15) is 0 Å². The van der Waals surface area contributed by atoms with Crippen LogP contribution in [0.1, 0.15) is 6.42 Å². The van der Waals surface area contributed by atoms with Crippen LogP contribution < -0.4 is 9.46 Å². The van der Waals surface area contributed by atoms with Gasteiger partial charge >= 0.3 is 0 Å². The summed E-state index contributed by atoms with van der Waals surface area (Å²) in [5.41, 5.74) is 2.00. The lowest BCUT2D eigenvalue weighted by molar-refractivity contribution is -0.189. The van der Waals surface area contributed by atoms with Gasteiger partial charge in [0.1, 0.15) is 11.6 Å². The van der Waals surface area contributed by atoms with Crippen LogP contribution in [0.4, 0.5) is 10.1 Å². The molecule has 2 N–H and O–H groups in total. The highest BCUT2D eigenvalue weighted by Gasteiger charge is 2.48. The molecule has 1 spiro atoms. The molecule has 0 bridgehead atoms. The number of H-pyrrole nitrogens is 1. The number of rotatable bonds is 8. The SMILES string of the molecule is Fc1cc(OCCCN2CC3(COC3)C2)ccc1SNc1ccc(Cl)c2c(Cl)c[nH]c12. The first-order valence-corrected chi connectivity index (χ1v) is 11.7. The number of fused-ring (bicyclic) bond motifs is 1. The van der Waals surface area contributed by atoms with Gasteiger partial charge in [0, 0.05) is 42.7 Å². The van der Waals surface area contributed by atoms with E-state index in [1.165, 1.54) is 18.0 Å². The van der Waals surface area contributed by atoms with E-state index in [1.54, 1.807) is 24.4 Å². The Kier molecular flexibility index (Phi) is 5.96. The summed E-state index contributed by atoms with van der Waals surface area (Å²) in [4.78, 5) is 5.99. The zero-order valence-corrected chi connectivity index (χ0v) is 19.0. The normalized spacial score (nSPS) is 17.5. The predicted octanol–water partition coefficient (Wildman–Crippen LogP) is 5.83. The number of nitrogens with zero attached hydrogens (tertiary/aromatic N) is 1. The van der Waals surface area contributed by atoms with Crippen LogP contribution in [0.5, 0.6) is 5.75 Å². The van der Waals surface area contributed by atoms with Crippen LogP contribution in [0.15, 0.2) is 41.4 Å². The summed E-state index contributed by atoms with van der Waals surface area (Å²) in [6, 6.07) is 8.53. The van der Waals surface area contributed by atoms with Crippen LogP contribution in [-0.2, 0) is 4.74 Å². The Morgan fingerprint density at radius 1 is 1.19 bits per heavy atom. The highest BCUT2D eigenvalue weighted by Crippen LogP contribution is 2.38. The fourth-order valence-corrected chi connectivity index (χ4v) is 5.37. The Bertz CT molecular complexity index is 1100. The summed E-state index contributed by atoms with van der Waals surface area (Å²) in [6.45, 7) is 5.62. The smallest absolute Gasteiger partial charge is 0.142 e. The number of hydrogen-bond acceptors (Lipinski definition) is 5. The summed E-state index contributed by atoms with van der Waals surface area (Å²) in [6.07, 6.45) is 2.60. The quantitative estimate of drug-likeness (QED) is 0.312. The van der Waals surface area contributed by atoms with Crippen LogP contribution in [0.2, 0.25) is 10.0 Å². The Hall–Kier alpha value is -1.64. The molecule has 0 radical (unpaired) electrons. The van der Waals surface area contributed by atoms with Crippen molar-refractivity contribution >= 4 is 51.7 Å². The Morgan fingerprint density at radius 2 is 2.03 bits per heavy atom. The molecule has 2 aromatic carbocycles. The fourth-order valence-electron chi connectivity index (χ4n) is 4.13. The van der Waals surface area contributed by atoms with E-state index in [1.807, 2.05) is 6.07 Å². The zero-order valence-electron chi connectivity index (χ0n) is 16.7. The largest absolute Gasteiger partial charge is 0.493 e. The van der Waals surface area contributed by atoms with Crippen molar-refractivity contribution < 1.29 is 13.9 Å². The van der Waals surface area contributed by atoms with Crippen LogP contribution in [0.3, 0.4) is 0 Å². The van der Waals surface area contributed by atoms with E-state index in [2.05, 4.69) is 14.6 Å². The minimum absolute atomic E-state index is 0.334. The van der Waals surface area contributed by atoms with Gasteiger partial charge in [0.05, 0.1) is 46.0 Å². The molecule has 31 heavy (non-hydrogen) atoms. The first-order valence-electron chi connectivity index (χ1n) is 10.1.